The highest BCUT2D eigenvalue weighted by atomic mass is 35.5. The van der Waals surface area contributed by atoms with Crippen LogP contribution in [-0.2, 0) is 16.1 Å². The fraction of sp³-hybridized carbons (Fsp3) is 0.538. The number of rotatable bonds is 6. The van der Waals surface area contributed by atoms with Crippen LogP contribution in [0.1, 0.15) is 44.6 Å². The summed E-state index contributed by atoms with van der Waals surface area (Å²) < 4.78 is 7.88. The maximum Gasteiger partial charge on any atom is 0.427 e. The molecule has 6 rings (SSSR count). The standard InChI is InChI=1S/C26H32ClN7O4/c1-15-5-7-16(8-6-15)12-34-21-20(17-3-2-4-18(27)11-17)28-23(24-31-26(36)38-32-24)29-22(21)30-25(34)33-9-10-37-14-19(33)13-35/h2-4,11,15-16,19,24,32,35H,5-10,12-14H2,1H3,(H,31,36)/t15?,16?,19-,24?/m1/s1. The Bertz CT molecular complexity index is 1330. The number of hydrogen-bond acceptors (Lipinski definition) is 9. The van der Waals surface area contributed by atoms with Crippen molar-refractivity contribution in [3.8, 4) is 11.3 Å². The number of aliphatic hydroxyl groups is 1. The number of aromatic nitrogens is 4. The summed E-state index contributed by atoms with van der Waals surface area (Å²) in [5.74, 6) is 2.32. The van der Waals surface area contributed by atoms with E-state index in [1.54, 1.807) is 0 Å². The van der Waals surface area contributed by atoms with Gasteiger partial charge in [0.25, 0.3) is 0 Å². The minimum atomic E-state index is -0.716. The number of carbonyl (C=O) groups is 1. The Labute approximate surface area is 225 Å². The minimum absolute atomic E-state index is 0.0441. The highest BCUT2D eigenvalue weighted by Gasteiger charge is 2.33. The summed E-state index contributed by atoms with van der Waals surface area (Å²) >= 11 is 6.40. The predicted octanol–water partition coefficient (Wildman–Crippen LogP) is 3.41. The number of fused-ring (bicyclic) bond motifs is 1. The molecule has 3 N–H and O–H groups in total. The zero-order valence-corrected chi connectivity index (χ0v) is 22.0. The van der Waals surface area contributed by atoms with Crippen molar-refractivity contribution in [1.82, 2.24) is 30.3 Å². The number of amides is 1. The van der Waals surface area contributed by atoms with Crippen molar-refractivity contribution in [2.45, 2.75) is 51.4 Å². The summed E-state index contributed by atoms with van der Waals surface area (Å²) in [5, 5.41) is 13.4. The van der Waals surface area contributed by atoms with Crippen LogP contribution in [0.15, 0.2) is 24.3 Å². The lowest BCUT2D eigenvalue weighted by Gasteiger charge is -2.36. The number of nitrogens with zero attached hydrogens (tertiary/aromatic N) is 5. The van der Waals surface area contributed by atoms with Crippen LogP contribution in [0.2, 0.25) is 5.02 Å². The smallest absolute Gasteiger partial charge is 0.394 e. The molecule has 1 saturated carbocycles. The third kappa shape index (κ3) is 4.91. The first-order chi connectivity index (χ1) is 18.5. The van der Waals surface area contributed by atoms with E-state index < -0.39 is 12.3 Å². The number of hydrogen-bond donors (Lipinski definition) is 3. The highest BCUT2D eigenvalue weighted by Crippen LogP contribution is 2.36. The molecule has 0 bridgehead atoms. The first kappa shape index (κ1) is 25.3. The average molecular weight is 542 g/mol. The normalized spacial score (nSPS) is 26.0. The van der Waals surface area contributed by atoms with E-state index in [9.17, 15) is 9.90 Å². The lowest BCUT2D eigenvalue weighted by Crippen LogP contribution is -2.49. The van der Waals surface area contributed by atoms with Crippen LogP contribution in [0, 0.1) is 11.8 Å². The molecule has 12 heteroatoms. The van der Waals surface area contributed by atoms with Crippen molar-refractivity contribution < 1.29 is 19.5 Å². The van der Waals surface area contributed by atoms with Crippen molar-refractivity contribution in [3.63, 3.8) is 0 Å². The van der Waals surface area contributed by atoms with Crippen LogP contribution in [0.3, 0.4) is 0 Å². The van der Waals surface area contributed by atoms with Crippen LogP contribution in [0.4, 0.5) is 10.7 Å². The third-order valence-corrected chi connectivity index (χ3v) is 7.99. The monoisotopic (exact) mass is 541 g/mol. The van der Waals surface area contributed by atoms with Crippen LogP contribution in [0.5, 0.6) is 0 Å². The molecule has 3 aliphatic rings. The van der Waals surface area contributed by atoms with E-state index in [-0.39, 0.29) is 12.6 Å². The Morgan fingerprint density at radius 1 is 1.18 bits per heavy atom. The van der Waals surface area contributed by atoms with Crippen molar-refractivity contribution in [3.05, 3.63) is 35.1 Å². The first-order valence-electron chi connectivity index (χ1n) is 13.2. The Morgan fingerprint density at radius 3 is 2.76 bits per heavy atom. The Hall–Kier alpha value is -2.99. The topological polar surface area (TPSA) is 127 Å². The molecule has 1 unspecified atom stereocenters. The SMILES string of the molecule is CC1CCC(Cn2c(N3CCOC[C@H]3CO)nc3nc(C4NOC(=O)N4)nc(-c4cccc(Cl)c4)c32)CC1. The van der Waals surface area contributed by atoms with E-state index in [0.717, 1.165) is 42.3 Å². The number of anilines is 1. The van der Waals surface area contributed by atoms with Crippen LogP contribution in [0.25, 0.3) is 22.4 Å². The maximum absolute atomic E-state index is 11.7. The largest absolute Gasteiger partial charge is 0.427 e. The van der Waals surface area contributed by atoms with Gasteiger partial charge in [-0.3, -0.25) is 5.32 Å². The number of imidazole rings is 1. The summed E-state index contributed by atoms with van der Waals surface area (Å²) in [4.78, 5) is 33.5. The first-order valence-corrected chi connectivity index (χ1v) is 13.6. The van der Waals surface area contributed by atoms with E-state index in [0.29, 0.717) is 47.9 Å². The molecule has 4 heterocycles. The number of nitrogens with one attached hydrogen (secondary N) is 2. The second-order valence-electron chi connectivity index (χ2n) is 10.5. The molecule has 2 atom stereocenters. The Morgan fingerprint density at radius 2 is 2.03 bits per heavy atom. The zero-order chi connectivity index (χ0) is 26.2. The molecule has 2 aromatic heterocycles. The number of benzene rings is 1. The molecule has 3 aromatic rings. The summed E-state index contributed by atoms with van der Waals surface area (Å²) in [5.41, 5.74) is 5.45. The van der Waals surface area contributed by atoms with E-state index in [1.165, 1.54) is 12.8 Å². The highest BCUT2D eigenvalue weighted by molar-refractivity contribution is 6.30. The van der Waals surface area contributed by atoms with Gasteiger partial charge in [-0.2, -0.15) is 4.98 Å². The van der Waals surface area contributed by atoms with Crippen LogP contribution < -0.4 is 15.7 Å². The van der Waals surface area contributed by atoms with Gasteiger partial charge in [0.2, 0.25) is 5.95 Å². The lowest BCUT2D eigenvalue weighted by molar-refractivity contribution is 0.0713. The summed E-state index contributed by atoms with van der Waals surface area (Å²) in [6.45, 7) is 4.63. The molecular weight excluding hydrogens is 510 g/mol. The summed E-state index contributed by atoms with van der Waals surface area (Å²) in [6, 6.07) is 7.32. The third-order valence-electron chi connectivity index (χ3n) is 7.76. The molecule has 1 aliphatic carbocycles. The Kier molecular flexibility index (Phi) is 7.08. The minimum Gasteiger partial charge on any atom is -0.394 e. The molecule has 0 spiro atoms. The van der Waals surface area contributed by atoms with Gasteiger partial charge in [-0.15, -0.1) is 5.48 Å². The maximum atomic E-state index is 11.7. The number of hydroxylamine groups is 1. The number of ether oxygens (including phenoxy) is 1. The van der Waals surface area contributed by atoms with Crippen molar-refractivity contribution in [1.29, 1.82) is 0 Å². The van der Waals surface area contributed by atoms with Gasteiger partial charge in [0, 0.05) is 23.7 Å². The fourth-order valence-electron chi connectivity index (χ4n) is 5.65. The van der Waals surface area contributed by atoms with Crippen molar-refractivity contribution >= 4 is 34.8 Å². The molecule has 1 amide bonds. The quantitative estimate of drug-likeness (QED) is 0.430. The van der Waals surface area contributed by atoms with Gasteiger partial charge in [-0.05, 0) is 36.8 Å². The van der Waals surface area contributed by atoms with Gasteiger partial charge in [0.05, 0.1) is 25.9 Å². The van der Waals surface area contributed by atoms with Gasteiger partial charge in [0.15, 0.2) is 17.6 Å². The second kappa shape index (κ2) is 10.6. The molecule has 1 aromatic carbocycles. The molecule has 3 fully saturated rings. The summed E-state index contributed by atoms with van der Waals surface area (Å²) in [6.07, 6.45) is 3.39. The van der Waals surface area contributed by atoms with Gasteiger partial charge in [-0.25, -0.2) is 14.8 Å². The van der Waals surface area contributed by atoms with E-state index in [2.05, 4.69) is 27.2 Å². The van der Waals surface area contributed by atoms with E-state index in [1.807, 2.05) is 24.3 Å². The number of carbonyl (C=O) groups excluding carboxylic acids is 1. The molecule has 0 radical (unpaired) electrons. The molecule has 2 saturated heterocycles. The van der Waals surface area contributed by atoms with E-state index in [4.69, 9.17) is 36.1 Å². The molecule has 38 heavy (non-hydrogen) atoms. The zero-order valence-electron chi connectivity index (χ0n) is 21.3. The Balaban J connectivity index is 1.54. The van der Waals surface area contributed by atoms with Crippen LogP contribution >= 0.6 is 11.6 Å². The van der Waals surface area contributed by atoms with Crippen molar-refractivity contribution in [2.24, 2.45) is 11.8 Å². The number of morpholine rings is 1. The number of aliphatic hydroxyl groups excluding tert-OH is 1. The summed E-state index contributed by atoms with van der Waals surface area (Å²) in [7, 11) is 0. The van der Waals surface area contributed by atoms with Gasteiger partial charge in [-0.1, -0.05) is 43.5 Å². The fourth-order valence-corrected chi connectivity index (χ4v) is 5.84. The van der Waals surface area contributed by atoms with Gasteiger partial charge < -0.3 is 24.1 Å². The van der Waals surface area contributed by atoms with Crippen molar-refractivity contribution in [2.75, 3.05) is 31.3 Å². The molecular formula is C26H32ClN7O4. The molecule has 11 nitrogen and oxygen atoms in total. The van der Waals surface area contributed by atoms with Gasteiger partial charge >= 0.3 is 6.09 Å². The van der Waals surface area contributed by atoms with E-state index >= 15 is 0 Å². The van der Waals surface area contributed by atoms with Crippen LogP contribution in [-0.4, -0.2) is 63.1 Å². The second-order valence-corrected chi connectivity index (χ2v) is 10.9. The van der Waals surface area contributed by atoms with Gasteiger partial charge in [0.1, 0.15) is 11.2 Å². The molecule has 2 aliphatic heterocycles. The number of halogens is 1. The predicted molar refractivity (Wildman–Crippen MR) is 141 cm³/mol. The average Bonchev–Trinajstić information content (AvgIpc) is 3.53. The lowest BCUT2D eigenvalue weighted by atomic mass is 9.83. The molecule has 202 valence electrons.